The zero-order valence-electron chi connectivity index (χ0n) is 12.8. The van der Waals surface area contributed by atoms with Crippen molar-refractivity contribution in [3.8, 4) is 0 Å². The normalized spacial score (nSPS) is 18.9. The molecule has 0 saturated carbocycles. The lowest BCUT2D eigenvalue weighted by atomic mass is 10.1. The van der Waals surface area contributed by atoms with Crippen LogP contribution in [0.3, 0.4) is 0 Å². The van der Waals surface area contributed by atoms with Crippen LogP contribution in [0.25, 0.3) is 0 Å². The maximum Gasteiger partial charge on any atom is 0.236 e. The predicted octanol–water partition coefficient (Wildman–Crippen LogP) is 1.33. The van der Waals surface area contributed by atoms with E-state index in [1.54, 1.807) is 30.1 Å². The molecule has 1 unspecified atom stereocenters. The molecule has 1 saturated heterocycles. The fourth-order valence-electron chi connectivity index (χ4n) is 2.79. The molecule has 1 fully saturated rings. The van der Waals surface area contributed by atoms with Gasteiger partial charge in [-0.1, -0.05) is 18.2 Å². The standard InChI is InChI=1S/C16H24FN3O/c1-18-9-13-7-8-20(10-13)12-16(21)19(2)11-14-5-3-4-6-15(14)17/h3-6,13,18H,7-12H2,1-2H3. The van der Waals surface area contributed by atoms with Gasteiger partial charge in [0, 0.05) is 25.7 Å². The van der Waals surface area contributed by atoms with E-state index in [1.807, 2.05) is 7.05 Å². The molecule has 0 aliphatic carbocycles. The summed E-state index contributed by atoms with van der Waals surface area (Å²) < 4.78 is 13.6. The van der Waals surface area contributed by atoms with E-state index in [-0.39, 0.29) is 11.7 Å². The number of likely N-dealkylation sites (N-methyl/N-ethyl adjacent to an activating group) is 1. The molecule has 1 heterocycles. The van der Waals surface area contributed by atoms with Gasteiger partial charge in [0.2, 0.25) is 5.91 Å². The van der Waals surface area contributed by atoms with Crippen LogP contribution in [0.15, 0.2) is 24.3 Å². The molecule has 5 heteroatoms. The quantitative estimate of drug-likeness (QED) is 0.859. The molecule has 1 amide bonds. The smallest absolute Gasteiger partial charge is 0.236 e. The van der Waals surface area contributed by atoms with Gasteiger partial charge in [0.15, 0.2) is 0 Å². The minimum Gasteiger partial charge on any atom is -0.340 e. The molecule has 0 radical (unpaired) electrons. The fourth-order valence-corrected chi connectivity index (χ4v) is 2.79. The summed E-state index contributed by atoms with van der Waals surface area (Å²) >= 11 is 0. The van der Waals surface area contributed by atoms with E-state index >= 15 is 0 Å². The number of likely N-dealkylation sites (tertiary alicyclic amines) is 1. The predicted molar refractivity (Wildman–Crippen MR) is 81.3 cm³/mol. The van der Waals surface area contributed by atoms with Gasteiger partial charge in [-0.2, -0.15) is 0 Å². The highest BCUT2D eigenvalue weighted by atomic mass is 19.1. The monoisotopic (exact) mass is 293 g/mol. The third-order valence-electron chi connectivity index (χ3n) is 4.01. The van der Waals surface area contributed by atoms with Crippen molar-refractivity contribution in [2.24, 2.45) is 5.92 Å². The Morgan fingerprint density at radius 1 is 1.48 bits per heavy atom. The summed E-state index contributed by atoms with van der Waals surface area (Å²) in [5.74, 6) is 0.412. The molecule has 21 heavy (non-hydrogen) atoms. The van der Waals surface area contributed by atoms with Gasteiger partial charge in [0.05, 0.1) is 6.54 Å². The Kier molecular flexibility index (Phi) is 5.70. The fraction of sp³-hybridized carbons (Fsp3) is 0.562. The maximum absolute atomic E-state index is 13.6. The van der Waals surface area contributed by atoms with Crippen LogP contribution in [0, 0.1) is 11.7 Å². The van der Waals surface area contributed by atoms with Crippen LogP contribution in [0.5, 0.6) is 0 Å². The number of carbonyl (C=O) groups excluding carboxylic acids is 1. The third-order valence-corrected chi connectivity index (χ3v) is 4.01. The number of nitrogens with one attached hydrogen (secondary N) is 1. The lowest BCUT2D eigenvalue weighted by Crippen LogP contribution is -2.37. The molecule has 0 spiro atoms. The highest BCUT2D eigenvalue weighted by Crippen LogP contribution is 2.15. The minimum absolute atomic E-state index is 0.0448. The first-order valence-electron chi connectivity index (χ1n) is 7.44. The molecular weight excluding hydrogens is 269 g/mol. The number of nitrogens with zero attached hydrogens (tertiary/aromatic N) is 2. The second kappa shape index (κ2) is 7.52. The van der Waals surface area contributed by atoms with E-state index in [4.69, 9.17) is 0 Å². The van der Waals surface area contributed by atoms with Gasteiger partial charge < -0.3 is 10.2 Å². The summed E-state index contributed by atoms with van der Waals surface area (Å²) in [6, 6.07) is 6.60. The van der Waals surface area contributed by atoms with Gasteiger partial charge in [0.25, 0.3) is 0 Å². The lowest BCUT2D eigenvalue weighted by molar-refractivity contribution is -0.131. The van der Waals surface area contributed by atoms with Crippen molar-refractivity contribution in [2.75, 3.05) is 40.3 Å². The van der Waals surface area contributed by atoms with Gasteiger partial charge in [-0.25, -0.2) is 4.39 Å². The maximum atomic E-state index is 13.6. The van der Waals surface area contributed by atoms with Crippen LogP contribution in [0.4, 0.5) is 4.39 Å². The molecule has 0 bridgehead atoms. The van der Waals surface area contributed by atoms with Gasteiger partial charge >= 0.3 is 0 Å². The molecule has 1 aromatic carbocycles. The van der Waals surface area contributed by atoms with Crippen LogP contribution in [0.1, 0.15) is 12.0 Å². The van der Waals surface area contributed by atoms with Crippen LogP contribution < -0.4 is 5.32 Å². The van der Waals surface area contributed by atoms with E-state index in [9.17, 15) is 9.18 Å². The van der Waals surface area contributed by atoms with Gasteiger partial charge in [-0.05, 0) is 38.5 Å². The Balaban J connectivity index is 1.82. The first-order valence-corrected chi connectivity index (χ1v) is 7.44. The first-order chi connectivity index (χ1) is 10.1. The van der Waals surface area contributed by atoms with Crippen LogP contribution in [-0.4, -0.2) is 56.0 Å². The van der Waals surface area contributed by atoms with Crippen molar-refractivity contribution in [3.63, 3.8) is 0 Å². The summed E-state index contributed by atoms with van der Waals surface area (Å²) in [5.41, 5.74) is 0.558. The van der Waals surface area contributed by atoms with Crippen molar-refractivity contribution >= 4 is 5.91 Å². The zero-order chi connectivity index (χ0) is 15.2. The van der Waals surface area contributed by atoms with Crippen molar-refractivity contribution < 1.29 is 9.18 Å². The van der Waals surface area contributed by atoms with E-state index in [2.05, 4.69) is 10.2 Å². The molecule has 0 aromatic heterocycles. The second-order valence-corrected chi connectivity index (χ2v) is 5.79. The Morgan fingerprint density at radius 3 is 2.95 bits per heavy atom. The summed E-state index contributed by atoms with van der Waals surface area (Å²) in [6.45, 7) is 3.66. The zero-order valence-corrected chi connectivity index (χ0v) is 12.8. The van der Waals surface area contributed by atoms with Crippen molar-refractivity contribution in [3.05, 3.63) is 35.6 Å². The number of halogens is 1. The average molecular weight is 293 g/mol. The van der Waals surface area contributed by atoms with Crippen LogP contribution in [-0.2, 0) is 11.3 Å². The Morgan fingerprint density at radius 2 is 2.24 bits per heavy atom. The van der Waals surface area contributed by atoms with E-state index in [0.717, 1.165) is 26.1 Å². The second-order valence-electron chi connectivity index (χ2n) is 5.79. The third kappa shape index (κ3) is 4.51. The molecule has 1 aromatic rings. The van der Waals surface area contributed by atoms with Gasteiger partial charge in [-0.15, -0.1) is 0 Å². The molecule has 2 rings (SSSR count). The lowest BCUT2D eigenvalue weighted by Gasteiger charge is -2.22. The van der Waals surface area contributed by atoms with E-state index < -0.39 is 0 Å². The van der Waals surface area contributed by atoms with Crippen molar-refractivity contribution in [1.82, 2.24) is 15.1 Å². The largest absolute Gasteiger partial charge is 0.340 e. The number of rotatable bonds is 6. The minimum atomic E-state index is -0.257. The molecule has 1 aliphatic heterocycles. The van der Waals surface area contributed by atoms with E-state index in [1.165, 1.54) is 6.07 Å². The molecule has 1 aliphatic rings. The van der Waals surface area contributed by atoms with Crippen LogP contribution in [0.2, 0.25) is 0 Å². The highest BCUT2D eigenvalue weighted by molar-refractivity contribution is 5.78. The molecule has 1 atom stereocenters. The Bertz CT molecular complexity index is 480. The molecule has 1 N–H and O–H groups in total. The van der Waals surface area contributed by atoms with Crippen molar-refractivity contribution in [2.45, 2.75) is 13.0 Å². The Labute approximate surface area is 125 Å². The van der Waals surface area contributed by atoms with Crippen molar-refractivity contribution in [1.29, 1.82) is 0 Å². The molecule has 4 nitrogen and oxygen atoms in total. The average Bonchev–Trinajstić information content (AvgIpc) is 2.89. The van der Waals surface area contributed by atoms with Crippen LogP contribution >= 0.6 is 0 Å². The molecule has 116 valence electrons. The number of carbonyl (C=O) groups is 1. The number of hydrogen-bond acceptors (Lipinski definition) is 3. The van der Waals surface area contributed by atoms with Gasteiger partial charge in [-0.3, -0.25) is 9.69 Å². The highest BCUT2D eigenvalue weighted by Gasteiger charge is 2.24. The Hall–Kier alpha value is -1.46. The van der Waals surface area contributed by atoms with E-state index in [0.29, 0.717) is 24.6 Å². The summed E-state index contributed by atoms with van der Waals surface area (Å²) in [4.78, 5) is 16.0. The number of hydrogen-bond donors (Lipinski definition) is 1. The SMILES string of the molecule is CNCC1CCN(CC(=O)N(C)Cc2ccccc2F)C1. The number of benzene rings is 1. The summed E-state index contributed by atoms with van der Waals surface area (Å²) in [7, 11) is 3.69. The summed E-state index contributed by atoms with van der Waals surface area (Å²) in [6.07, 6.45) is 1.13. The number of amides is 1. The first kappa shape index (κ1) is 15.9. The topological polar surface area (TPSA) is 35.6 Å². The van der Waals surface area contributed by atoms with Gasteiger partial charge in [0.1, 0.15) is 5.82 Å². The summed E-state index contributed by atoms with van der Waals surface area (Å²) in [5, 5.41) is 3.18. The molecular formula is C16H24FN3O.